The Balaban J connectivity index is 1.19. The summed E-state index contributed by atoms with van der Waals surface area (Å²) >= 11 is 0. The molecule has 0 aliphatic carbocycles. The maximum Gasteiger partial charge on any atom is 0.258 e. The molecule has 0 radical (unpaired) electrons. The van der Waals surface area contributed by atoms with Crippen molar-refractivity contribution < 1.29 is 14.4 Å². The molecular formula is C33H28N6O3. The zero-order valence-electron chi connectivity index (χ0n) is 22.8. The van der Waals surface area contributed by atoms with Crippen LogP contribution >= 0.6 is 0 Å². The van der Waals surface area contributed by atoms with E-state index in [9.17, 15) is 14.4 Å². The minimum absolute atomic E-state index is 0.189. The Morgan fingerprint density at radius 3 is 2.40 bits per heavy atom. The minimum Gasteiger partial charge on any atom is -0.397 e. The highest BCUT2D eigenvalue weighted by Crippen LogP contribution is 2.45. The number of nitrogen functional groups attached to an aromatic ring is 1. The Morgan fingerprint density at radius 1 is 0.881 bits per heavy atom. The number of benzene rings is 4. The van der Waals surface area contributed by atoms with Crippen molar-refractivity contribution in [3.05, 3.63) is 119 Å². The zero-order valence-corrected chi connectivity index (χ0v) is 22.8. The summed E-state index contributed by atoms with van der Waals surface area (Å²) < 4.78 is 0. The van der Waals surface area contributed by atoms with Crippen LogP contribution in [0.3, 0.4) is 0 Å². The molecule has 42 heavy (non-hydrogen) atoms. The van der Waals surface area contributed by atoms with Crippen molar-refractivity contribution in [2.75, 3.05) is 28.3 Å². The number of carbonyl (C=O) groups excluding carboxylic acids is 3. The Morgan fingerprint density at radius 2 is 1.60 bits per heavy atom. The van der Waals surface area contributed by atoms with Crippen LogP contribution in [-0.2, 0) is 11.2 Å². The van der Waals surface area contributed by atoms with E-state index in [0.29, 0.717) is 34.6 Å². The molecule has 2 aliphatic heterocycles. The topological polar surface area (TPSA) is 124 Å². The molecule has 1 aromatic heterocycles. The Hall–Kier alpha value is -5.57. The average molecular weight is 557 g/mol. The fourth-order valence-electron chi connectivity index (χ4n) is 6.08. The molecule has 4 aromatic carbocycles. The monoisotopic (exact) mass is 556 g/mol. The van der Waals surface area contributed by atoms with Gasteiger partial charge in [-0.15, -0.1) is 0 Å². The predicted octanol–water partition coefficient (Wildman–Crippen LogP) is 5.16. The zero-order chi connectivity index (χ0) is 29.0. The number of amides is 3. The maximum absolute atomic E-state index is 13.9. The van der Waals surface area contributed by atoms with Crippen LogP contribution in [0.25, 0.3) is 10.9 Å². The van der Waals surface area contributed by atoms with Gasteiger partial charge < -0.3 is 31.2 Å². The number of nitrogens with zero attached hydrogens (tertiary/aromatic N) is 2. The van der Waals surface area contributed by atoms with Crippen molar-refractivity contribution >= 4 is 51.4 Å². The van der Waals surface area contributed by atoms with Crippen molar-refractivity contribution in [2.45, 2.75) is 18.6 Å². The van der Waals surface area contributed by atoms with E-state index in [4.69, 9.17) is 5.73 Å². The smallest absolute Gasteiger partial charge is 0.258 e. The molecule has 3 heterocycles. The summed E-state index contributed by atoms with van der Waals surface area (Å²) in [4.78, 5) is 47.9. The molecule has 208 valence electrons. The van der Waals surface area contributed by atoms with E-state index in [0.717, 1.165) is 27.8 Å². The number of nitrogens with one attached hydrogen (secondary N) is 3. The first kappa shape index (κ1) is 25.4. The number of H-pyrrole nitrogens is 1. The van der Waals surface area contributed by atoms with Gasteiger partial charge in [-0.1, -0.05) is 42.5 Å². The lowest BCUT2D eigenvalue weighted by Gasteiger charge is -2.49. The van der Waals surface area contributed by atoms with Gasteiger partial charge in [-0.25, -0.2) is 0 Å². The van der Waals surface area contributed by atoms with E-state index in [-0.39, 0.29) is 17.7 Å². The summed E-state index contributed by atoms with van der Waals surface area (Å²) in [7, 11) is 1.95. The molecule has 9 nitrogen and oxygen atoms in total. The number of anilines is 4. The van der Waals surface area contributed by atoms with Crippen molar-refractivity contribution in [1.82, 2.24) is 9.88 Å². The van der Waals surface area contributed by atoms with Gasteiger partial charge in [0.1, 0.15) is 12.2 Å². The van der Waals surface area contributed by atoms with E-state index in [2.05, 4.69) is 20.5 Å². The molecule has 0 fully saturated rings. The van der Waals surface area contributed by atoms with Gasteiger partial charge in [-0.3, -0.25) is 14.4 Å². The van der Waals surface area contributed by atoms with E-state index in [1.54, 1.807) is 59.5 Å². The summed E-state index contributed by atoms with van der Waals surface area (Å²) in [5.74, 6) is -0.801. The molecule has 2 aliphatic rings. The molecule has 9 heteroatoms. The summed E-state index contributed by atoms with van der Waals surface area (Å²) in [5.41, 5.74) is 12.2. The molecule has 0 unspecified atom stereocenters. The van der Waals surface area contributed by atoms with E-state index in [1.807, 2.05) is 49.5 Å². The summed E-state index contributed by atoms with van der Waals surface area (Å²) in [6.07, 6.45) is -0.113. The molecule has 2 atom stereocenters. The average Bonchev–Trinajstić information content (AvgIpc) is 3.39. The van der Waals surface area contributed by atoms with Crippen molar-refractivity contribution in [2.24, 2.45) is 0 Å². The standard InChI is InChI=1S/C33H28N6O3/c1-38-27-13-7-3-9-22(27)33(42)39-28(18-23-21-8-2-5-11-25(21)36-29(23)32(38)39)31(41)35-20-16-14-19(15-17-20)30(40)37-26-12-6-4-10-24(26)34/h2-17,28,32,36H,18,34H2,1H3,(H,35,41)(H,37,40)/t28-,32-/m0/s1. The SMILES string of the molecule is CN1c2ccccc2C(=O)N2[C@H](C(=O)Nc3ccc(C(=O)Nc4ccccc4N)cc3)Cc3c([nH]c4ccccc34)[C@@H]12. The summed E-state index contributed by atoms with van der Waals surface area (Å²) in [6, 6.07) is 28.4. The lowest BCUT2D eigenvalue weighted by Crippen LogP contribution is -2.59. The number of rotatable bonds is 4. The van der Waals surface area contributed by atoms with Gasteiger partial charge in [0.25, 0.3) is 11.8 Å². The van der Waals surface area contributed by atoms with E-state index >= 15 is 0 Å². The highest BCUT2D eigenvalue weighted by Gasteiger charge is 2.48. The Kier molecular flexibility index (Phi) is 5.93. The number of hydrogen-bond donors (Lipinski definition) is 4. The third kappa shape index (κ3) is 4.05. The summed E-state index contributed by atoms with van der Waals surface area (Å²) in [6.45, 7) is 0. The molecule has 0 saturated carbocycles. The van der Waals surface area contributed by atoms with E-state index in [1.165, 1.54) is 0 Å². The molecule has 3 amide bonds. The second-order valence-electron chi connectivity index (χ2n) is 10.6. The Labute approximate surface area is 241 Å². The lowest BCUT2D eigenvalue weighted by molar-refractivity contribution is -0.121. The van der Waals surface area contributed by atoms with Crippen molar-refractivity contribution in [1.29, 1.82) is 0 Å². The van der Waals surface area contributed by atoms with Gasteiger partial charge in [-0.2, -0.15) is 0 Å². The fourth-order valence-corrected chi connectivity index (χ4v) is 6.08. The summed E-state index contributed by atoms with van der Waals surface area (Å²) in [5, 5.41) is 6.83. The van der Waals surface area contributed by atoms with Gasteiger partial charge in [0.15, 0.2) is 0 Å². The largest absolute Gasteiger partial charge is 0.397 e. The van der Waals surface area contributed by atoms with Crippen molar-refractivity contribution in [3.63, 3.8) is 0 Å². The second kappa shape index (κ2) is 9.81. The maximum atomic E-state index is 13.9. The predicted molar refractivity (Wildman–Crippen MR) is 163 cm³/mol. The highest BCUT2D eigenvalue weighted by atomic mass is 16.2. The van der Waals surface area contributed by atoms with Crippen molar-refractivity contribution in [3.8, 4) is 0 Å². The third-order valence-electron chi connectivity index (χ3n) is 8.14. The second-order valence-corrected chi connectivity index (χ2v) is 10.6. The third-order valence-corrected chi connectivity index (χ3v) is 8.14. The quantitative estimate of drug-likeness (QED) is 0.228. The highest BCUT2D eigenvalue weighted by molar-refractivity contribution is 6.08. The number of aromatic amines is 1. The normalized spacial score (nSPS) is 17.3. The molecule has 7 rings (SSSR count). The van der Waals surface area contributed by atoms with Crippen LogP contribution in [0, 0.1) is 0 Å². The van der Waals surface area contributed by atoms with Crippen LogP contribution < -0.4 is 21.3 Å². The first-order valence-corrected chi connectivity index (χ1v) is 13.7. The molecule has 0 saturated heterocycles. The van der Waals surface area contributed by atoms with Crippen LogP contribution in [0.1, 0.15) is 38.1 Å². The van der Waals surface area contributed by atoms with Gasteiger partial charge in [0, 0.05) is 35.6 Å². The molecule has 0 spiro atoms. The van der Waals surface area contributed by atoms with Gasteiger partial charge in [-0.05, 0) is 60.2 Å². The van der Waals surface area contributed by atoms with Crippen LogP contribution in [-0.4, -0.2) is 40.7 Å². The van der Waals surface area contributed by atoms with Crippen LogP contribution in [0.2, 0.25) is 0 Å². The molecule has 0 bridgehead atoms. The molecule has 5 aromatic rings. The van der Waals surface area contributed by atoms with Gasteiger partial charge in [0.05, 0.1) is 28.3 Å². The Bertz CT molecular complexity index is 1880. The van der Waals surface area contributed by atoms with Crippen LogP contribution in [0.5, 0.6) is 0 Å². The fraction of sp³-hybridized carbons (Fsp3) is 0.121. The number of fused-ring (bicyclic) bond motifs is 6. The van der Waals surface area contributed by atoms with Crippen LogP contribution in [0.4, 0.5) is 22.7 Å². The van der Waals surface area contributed by atoms with Crippen LogP contribution in [0.15, 0.2) is 97.1 Å². The molecule has 5 N–H and O–H groups in total. The number of nitrogens with two attached hydrogens (primary N) is 1. The number of aromatic nitrogens is 1. The van der Waals surface area contributed by atoms with Gasteiger partial charge >= 0.3 is 0 Å². The first-order chi connectivity index (χ1) is 20.4. The number of carbonyl (C=O) groups is 3. The minimum atomic E-state index is -0.756. The van der Waals surface area contributed by atoms with E-state index < -0.39 is 12.2 Å². The lowest BCUT2D eigenvalue weighted by atomic mass is 9.90. The number of para-hydroxylation sites is 4. The first-order valence-electron chi connectivity index (χ1n) is 13.7. The van der Waals surface area contributed by atoms with Gasteiger partial charge in [0.2, 0.25) is 5.91 Å². The molecular weight excluding hydrogens is 528 g/mol. The number of hydrogen-bond acceptors (Lipinski definition) is 5.